The predicted molar refractivity (Wildman–Crippen MR) is 124 cm³/mol. The molecule has 166 valence electrons. The van der Waals surface area contributed by atoms with Crippen molar-refractivity contribution in [1.29, 1.82) is 0 Å². The summed E-state index contributed by atoms with van der Waals surface area (Å²) in [6.07, 6.45) is 3.00. The molecular weight excluding hydrogens is 410 g/mol. The summed E-state index contributed by atoms with van der Waals surface area (Å²) >= 11 is 0. The lowest BCUT2D eigenvalue weighted by Crippen LogP contribution is -2.42. The smallest absolute Gasteiger partial charge is 0.251 e. The molecule has 0 saturated carbocycles. The Bertz CT molecular complexity index is 984. The molecule has 2 saturated heterocycles. The Balaban J connectivity index is 1.43. The van der Waals surface area contributed by atoms with Crippen LogP contribution in [0.5, 0.6) is 0 Å². The van der Waals surface area contributed by atoms with E-state index in [-0.39, 0.29) is 17.7 Å². The molecule has 4 rings (SSSR count). The summed E-state index contributed by atoms with van der Waals surface area (Å²) in [4.78, 5) is 15.3. The fourth-order valence-corrected chi connectivity index (χ4v) is 6.04. The molecular formula is C24H31N3O3S. The third kappa shape index (κ3) is 5.10. The quantitative estimate of drug-likeness (QED) is 0.746. The molecule has 1 unspecified atom stereocenters. The van der Waals surface area contributed by atoms with Gasteiger partial charge in [0.1, 0.15) is 0 Å². The van der Waals surface area contributed by atoms with Crippen molar-refractivity contribution in [2.75, 3.05) is 36.2 Å². The third-order valence-electron chi connectivity index (χ3n) is 6.42. The highest BCUT2D eigenvalue weighted by atomic mass is 32.2. The summed E-state index contributed by atoms with van der Waals surface area (Å²) < 4.78 is 25.6. The van der Waals surface area contributed by atoms with Crippen molar-refractivity contribution < 1.29 is 13.2 Å². The lowest BCUT2D eigenvalue weighted by atomic mass is 9.95. The van der Waals surface area contributed by atoms with Gasteiger partial charge in [0, 0.05) is 18.7 Å². The molecule has 1 N–H and O–H groups in total. The first-order valence-corrected chi connectivity index (χ1v) is 12.7. The maximum Gasteiger partial charge on any atom is 0.251 e. The van der Waals surface area contributed by atoms with E-state index in [1.807, 2.05) is 18.2 Å². The van der Waals surface area contributed by atoms with Crippen LogP contribution in [0.3, 0.4) is 0 Å². The van der Waals surface area contributed by atoms with Crippen LogP contribution in [0.4, 0.5) is 5.69 Å². The van der Waals surface area contributed by atoms with E-state index >= 15 is 0 Å². The molecule has 6 nitrogen and oxygen atoms in total. The lowest BCUT2D eigenvalue weighted by molar-refractivity contribution is 0.0913. The number of nitrogens with one attached hydrogen (secondary N) is 1. The summed E-state index contributed by atoms with van der Waals surface area (Å²) in [7, 11) is -3.21. The number of nitrogens with zero attached hydrogens (tertiary/aromatic N) is 2. The van der Waals surface area contributed by atoms with Crippen molar-refractivity contribution in [1.82, 2.24) is 10.2 Å². The molecule has 0 aromatic heterocycles. The molecule has 2 aliphatic rings. The second-order valence-electron chi connectivity index (χ2n) is 8.64. The van der Waals surface area contributed by atoms with E-state index in [4.69, 9.17) is 0 Å². The number of rotatable bonds is 6. The number of piperidine rings is 1. The van der Waals surface area contributed by atoms with Crippen LogP contribution in [-0.4, -0.2) is 51.2 Å². The average Bonchev–Trinajstić information content (AvgIpc) is 3.14. The Labute approximate surface area is 185 Å². The van der Waals surface area contributed by atoms with Crippen LogP contribution in [0.1, 0.15) is 48.1 Å². The normalized spacial score (nSPS) is 20.5. The number of amides is 1. The average molecular weight is 442 g/mol. The van der Waals surface area contributed by atoms with E-state index in [1.165, 1.54) is 22.7 Å². The van der Waals surface area contributed by atoms with Crippen LogP contribution in [-0.2, 0) is 10.0 Å². The van der Waals surface area contributed by atoms with Gasteiger partial charge in [-0.25, -0.2) is 8.42 Å². The van der Waals surface area contributed by atoms with Crippen LogP contribution in [0.15, 0.2) is 54.6 Å². The van der Waals surface area contributed by atoms with Gasteiger partial charge in [0.2, 0.25) is 10.0 Å². The number of sulfonamides is 1. The summed E-state index contributed by atoms with van der Waals surface area (Å²) in [5, 5.41) is 3.10. The van der Waals surface area contributed by atoms with Gasteiger partial charge in [0.05, 0.1) is 17.5 Å². The first-order chi connectivity index (χ1) is 14.9. The molecule has 1 atom stereocenters. The monoisotopic (exact) mass is 441 g/mol. The van der Waals surface area contributed by atoms with E-state index < -0.39 is 10.0 Å². The molecule has 2 aromatic carbocycles. The Kier molecular flexibility index (Phi) is 6.62. The predicted octanol–water partition coefficient (Wildman–Crippen LogP) is 3.43. The number of likely N-dealkylation sites (tertiary alicyclic amines) is 1. The topological polar surface area (TPSA) is 69.7 Å². The zero-order valence-corrected chi connectivity index (χ0v) is 18.9. The summed E-state index contributed by atoms with van der Waals surface area (Å²) in [6, 6.07) is 17.4. The Morgan fingerprint density at radius 3 is 2.32 bits per heavy atom. The maximum absolute atomic E-state index is 12.8. The van der Waals surface area contributed by atoms with Crippen molar-refractivity contribution in [3.05, 3.63) is 65.7 Å². The molecule has 31 heavy (non-hydrogen) atoms. The molecule has 0 aliphatic carbocycles. The first kappa shape index (κ1) is 21.8. The van der Waals surface area contributed by atoms with E-state index in [1.54, 1.807) is 24.3 Å². The van der Waals surface area contributed by atoms with Crippen molar-refractivity contribution in [3.8, 4) is 0 Å². The number of carbonyl (C=O) groups excluding carboxylic acids is 1. The van der Waals surface area contributed by atoms with Gasteiger partial charge in [-0.15, -0.1) is 0 Å². The summed E-state index contributed by atoms with van der Waals surface area (Å²) in [5.41, 5.74) is 2.38. The Morgan fingerprint density at radius 2 is 1.71 bits per heavy atom. The third-order valence-corrected chi connectivity index (χ3v) is 8.29. The van der Waals surface area contributed by atoms with Crippen molar-refractivity contribution in [2.45, 2.75) is 32.2 Å². The maximum atomic E-state index is 12.8. The minimum Gasteiger partial charge on any atom is -0.350 e. The van der Waals surface area contributed by atoms with E-state index in [0.29, 0.717) is 30.8 Å². The molecule has 1 amide bonds. The van der Waals surface area contributed by atoms with Gasteiger partial charge in [0.25, 0.3) is 5.91 Å². The highest BCUT2D eigenvalue weighted by Crippen LogP contribution is 2.27. The molecule has 2 aliphatic heterocycles. The fraction of sp³-hybridized carbons (Fsp3) is 0.458. The minimum absolute atomic E-state index is 0.137. The van der Waals surface area contributed by atoms with Gasteiger partial charge in [-0.3, -0.25) is 14.0 Å². The van der Waals surface area contributed by atoms with Gasteiger partial charge in [-0.2, -0.15) is 0 Å². The van der Waals surface area contributed by atoms with E-state index in [2.05, 4.69) is 29.3 Å². The molecule has 7 heteroatoms. The van der Waals surface area contributed by atoms with Gasteiger partial charge in [-0.05, 0) is 68.1 Å². The highest BCUT2D eigenvalue weighted by molar-refractivity contribution is 7.93. The van der Waals surface area contributed by atoms with Crippen LogP contribution in [0.2, 0.25) is 0 Å². The van der Waals surface area contributed by atoms with Gasteiger partial charge in [-0.1, -0.05) is 37.3 Å². The fourth-order valence-electron chi connectivity index (χ4n) is 4.47. The second-order valence-corrected chi connectivity index (χ2v) is 10.7. The summed E-state index contributed by atoms with van der Waals surface area (Å²) in [5.74, 6) is 0.799. The van der Waals surface area contributed by atoms with Gasteiger partial charge < -0.3 is 5.32 Å². The van der Waals surface area contributed by atoms with Gasteiger partial charge >= 0.3 is 0 Å². The zero-order valence-electron chi connectivity index (χ0n) is 18.0. The van der Waals surface area contributed by atoms with E-state index in [9.17, 15) is 13.2 Å². The number of carbonyl (C=O) groups is 1. The zero-order chi connectivity index (χ0) is 21.8. The van der Waals surface area contributed by atoms with Gasteiger partial charge in [0.15, 0.2) is 0 Å². The molecule has 2 fully saturated rings. The second kappa shape index (κ2) is 9.40. The van der Waals surface area contributed by atoms with Crippen LogP contribution in [0, 0.1) is 5.92 Å². The lowest BCUT2D eigenvalue weighted by Gasteiger charge is -2.37. The molecule has 0 spiro atoms. The van der Waals surface area contributed by atoms with Crippen molar-refractivity contribution in [2.24, 2.45) is 5.92 Å². The first-order valence-electron chi connectivity index (χ1n) is 11.1. The number of hydrogen-bond donors (Lipinski definition) is 1. The number of benzene rings is 2. The molecule has 0 bridgehead atoms. The van der Waals surface area contributed by atoms with E-state index in [0.717, 1.165) is 19.0 Å². The standard InChI is InChI=1S/C24H31N3O3S/c1-19-12-15-26(16-13-19)23(20-6-3-2-4-7-20)18-25-24(28)21-8-10-22(11-9-21)27-14-5-17-31(27,29)30/h2-4,6-11,19,23H,5,12-18H2,1H3,(H,25,28). The molecule has 0 radical (unpaired) electrons. The minimum atomic E-state index is -3.21. The van der Waals surface area contributed by atoms with Crippen LogP contribution < -0.4 is 9.62 Å². The van der Waals surface area contributed by atoms with Crippen molar-refractivity contribution >= 4 is 21.6 Å². The largest absolute Gasteiger partial charge is 0.350 e. The Hall–Kier alpha value is -2.38. The summed E-state index contributed by atoms with van der Waals surface area (Å²) in [6.45, 7) is 5.42. The van der Waals surface area contributed by atoms with Crippen LogP contribution in [0.25, 0.3) is 0 Å². The number of anilines is 1. The van der Waals surface area contributed by atoms with Crippen LogP contribution >= 0.6 is 0 Å². The SMILES string of the molecule is CC1CCN(C(CNC(=O)c2ccc(N3CCCS3(=O)=O)cc2)c2ccccc2)CC1. The Morgan fingerprint density at radius 1 is 1.03 bits per heavy atom. The highest BCUT2D eigenvalue weighted by Gasteiger charge is 2.28. The molecule has 2 aromatic rings. The van der Waals surface area contributed by atoms with Crippen molar-refractivity contribution in [3.63, 3.8) is 0 Å². The molecule has 2 heterocycles. The number of hydrogen-bond acceptors (Lipinski definition) is 4.